The standard InChI is InChI=1S/C17H15F5N2O2S/c18-11-6-5-10(7-12(11)19)14(25)8-23-16(26)24-13-3-1-2-4-15(13)27-9-17(20,21)22/h1-7,14,25H,8-9H2,(H2,23,24,26). The minimum Gasteiger partial charge on any atom is -0.387 e. The average molecular weight is 406 g/mol. The molecule has 0 aliphatic heterocycles. The largest absolute Gasteiger partial charge is 0.398 e. The first-order valence-electron chi connectivity index (χ1n) is 7.62. The van der Waals surface area contributed by atoms with Crippen LogP contribution in [0.25, 0.3) is 0 Å². The van der Waals surface area contributed by atoms with Gasteiger partial charge < -0.3 is 15.7 Å². The Balaban J connectivity index is 1.93. The van der Waals surface area contributed by atoms with Gasteiger partial charge in [0.1, 0.15) is 0 Å². The number of aliphatic hydroxyl groups is 1. The summed E-state index contributed by atoms with van der Waals surface area (Å²) < 4.78 is 63.1. The van der Waals surface area contributed by atoms with Crippen molar-refractivity contribution in [2.24, 2.45) is 0 Å². The Bertz CT molecular complexity index is 801. The number of anilines is 1. The van der Waals surface area contributed by atoms with E-state index in [4.69, 9.17) is 0 Å². The zero-order valence-electron chi connectivity index (χ0n) is 13.7. The van der Waals surface area contributed by atoms with Crippen molar-refractivity contribution < 1.29 is 31.9 Å². The van der Waals surface area contributed by atoms with E-state index in [0.29, 0.717) is 11.8 Å². The summed E-state index contributed by atoms with van der Waals surface area (Å²) in [6, 6.07) is 8.01. The fraction of sp³-hybridized carbons (Fsp3) is 0.235. The summed E-state index contributed by atoms with van der Waals surface area (Å²) in [5, 5.41) is 14.6. The van der Waals surface area contributed by atoms with Crippen LogP contribution < -0.4 is 10.6 Å². The zero-order chi connectivity index (χ0) is 20.0. The molecule has 0 heterocycles. The third-order valence-electron chi connectivity index (χ3n) is 3.31. The van der Waals surface area contributed by atoms with E-state index in [0.717, 1.165) is 12.1 Å². The molecule has 3 N–H and O–H groups in total. The van der Waals surface area contributed by atoms with Crippen molar-refractivity contribution in [3.8, 4) is 0 Å². The predicted molar refractivity (Wildman–Crippen MR) is 91.6 cm³/mol. The lowest BCUT2D eigenvalue weighted by Crippen LogP contribution is -2.32. The van der Waals surface area contributed by atoms with Gasteiger partial charge in [-0.15, -0.1) is 11.8 Å². The third kappa shape index (κ3) is 6.72. The van der Waals surface area contributed by atoms with Gasteiger partial charge in [-0.3, -0.25) is 0 Å². The topological polar surface area (TPSA) is 61.4 Å². The highest BCUT2D eigenvalue weighted by Gasteiger charge is 2.27. The molecule has 0 saturated heterocycles. The number of para-hydroxylation sites is 1. The summed E-state index contributed by atoms with van der Waals surface area (Å²) in [7, 11) is 0. The fourth-order valence-electron chi connectivity index (χ4n) is 2.05. The third-order valence-corrected chi connectivity index (χ3v) is 4.45. The van der Waals surface area contributed by atoms with Gasteiger partial charge in [0.25, 0.3) is 0 Å². The first kappa shape index (κ1) is 21.0. The Morgan fingerprint density at radius 2 is 1.81 bits per heavy atom. The number of amides is 2. The molecule has 2 rings (SSSR count). The maximum Gasteiger partial charge on any atom is 0.398 e. The van der Waals surface area contributed by atoms with Gasteiger partial charge in [-0.2, -0.15) is 13.2 Å². The number of urea groups is 1. The van der Waals surface area contributed by atoms with E-state index in [2.05, 4.69) is 10.6 Å². The smallest absolute Gasteiger partial charge is 0.387 e. The molecule has 0 spiro atoms. The molecule has 146 valence electrons. The molecule has 0 aliphatic carbocycles. The van der Waals surface area contributed by atoms with Crippen molar-refractivity contribution in [1.82, 2.24) is 5.32 Å². The van der Waals surface area contributed by atoms with Gasteiger partial charge in [0.15, 0.2) is 11.6 Å². The molecule has 0 radical (unpaired) electrons. The summed E-state index contributed by atoms with van der Waals surface area (Å²) >= 11 is 0.526. The van der Waals surface area contributed by atoms with E-state index in [9.17, 15) is 31.9 Å². The molecular weight excluding hydrogens is 391 g/mol. The Morgan fingerprint density at radius 3 is 2.48 bits per heavy atom. The van der Waals surface area contributed by atoms with Crippen LogP contribution in [0.15, 0.2) is 47.4 Å². The van der Waals surface area contributed by atoms with Crippen LogP contribution in [0.5, 0.6) is 0 Å². The second-order valence-corrected chi connectivity index (χ2v) is 6.44. The Labute approximate surface area is 155 Å². The van der Waals surface area contributed by atoms with Crippen molar-refractivity contribution >= 4 is 23.5 Å². The molecule has 10 heteroatoms. The molecule has 0 saturated carbocycles. The molecule has 2 amide bonds. The van der Waals surface area contributed by atoms with Gasteiger partial charge in [-0.05, 0) is 29.8 Å². The van der Waals surface area contributed by atoms with Crippen LogP contribution in [-0.2, 0) is 0 Å². The molecule has 4 nitrogen and oxygen atoms in total. The lowest BCUT2D eigenvalue weighted by molar-refractivity contribution is -0.105. The number of nitrogens with one attached hydrogen (secondary N) is 2. The highest BCUT2D eigenvalue weighted by molar-refractivity contribution is 7.99. The summed E-state index contributed by atoms with van der Waals surface area (Å²) in [5.41, 5.74) is 0.238. The number of alkyl halides is 3. The number of carbonyl (C=O) groups is 1. The van der Waals surface area contributed by atoms with E-state index in [1.54, 1.807) is 6.07 Å². The van der Waals surface area contributed by atoms with Crippen LogP contribution in [-0.4, -0.2) is 29.6 Å². The maximum absolute atomic E-state index is 13.2. The van der Waals surface area contributed by atoms with E-state index in [1.165, 1.54) is 24.3 Å². The second-order valence-electron chi connectivity index (χ2n) is 5.42. The molecule has 2 aromatic rings. The number of halogens is 5. The first-order valence-corrected chi connectivity index (χ1v) is 8.61. The molecule has 1 atom stereocenters. The van der Waals surface area contributed by atoms with Crippen LogP contribution in [0.2, 0.25) is 0 Å². The van der Waals surface area contributed by atoms with Crippen LogP contribution in [0.3, 0.4) is 0 Å². The van der Waals surface area contributed by atoms with Crippen LogP contribution in [0, 0.1) is 11.6 Å². The number of hydrogen-bond acceptors (Lipinski definition) is 3. The molecule has 0 aromatic heterocycles. The van der Waals surface area contributed by atoms with Crippen molar-refractivity contribution in [2.75, 3.05) is 17.6 Å². The molecule has 0 bridgehead atoms. The van der Waals surface area contributed by atoms with E-state index in [1.807, 2.05) is 0 Å². The van der Waals surface area contributed by atoms with E-state index in [-0.39, 0.29) is 22.7 Å². The van der Waals surface area contributed by atoms with Gasteiger partial charge in [-0.25, -0.2) is 13.6 Å². The van der Waals surface area contributed by atoms with Crippen molar-refractivity contribution in [2.45, 2.75) is 17.2 Å². The number of aliphatic hydroxyl groups excluding tert-OH is 1. The number of benzene rings is 2. The number of carbonyl (C=O) groups excluding carboxylic acids is 1. The van der Waals surface area contributed by atoms with E-state index < -0.39 is 35.7 Å². The van der Waals surface area contributed by atoms with Crippen molar-refractivity contribution in [3.63, 3.8) is 0 Å². The summed E-state index contributed by atoms with van der Waals surface area (Å²) in [6.45, 7) is -0.311. The Morgan fingerprint density at radius 1 is 1.11 bits per heavy atom. The van der Waals surface area contributed by atoms with Crippen molar-refractivity contribution in [1.29, 1.82) is 0 Å². The monoisotopic (exact) mass is 406 g/mol. The van der Waals surface area contributed by atoms with Crippen LogP contribution in [0.4, 0.5) is 32.4 Å². The molecule has 1 unspecified atom stereocenters. The molecule has 27 heavy (non-hydrogen) atoms. The molecule has 2 aromatic carbocycles. The number of hydrogen-bond donors (Lipinski definition) is 3. The fourth-order valence-corrected chi connectivity index (χ4v) is 2.82. The SMILES string of the molecule is O=C(NCC(O)c1ccc(F)c(F)c1)Nc1ccccc1SCC(F)(F)F. The van der Waals surface area contributed by atoms with Gasteiger partial charge in [0.2, 0.25) is 0 Å². The summed E-state index contributed by atoms with van der Waals surface area (Å²) in [4.78, 5) is 12.2. The highest BCUT2D eigenvalue weighted by atomic mass is 32.2. The lowest BCUT2D eigenvalue weighted by Gasteiger charge is -2.15. The van der Waals surface area contributed by atoms with Gasteiger partial charge >= 0.3 is 12.2 Å². The van der Waals surface area contributed by atoms with Gasteiger partial charge in [-0.1, -0.05) is 18.2 Å². The minimum absolute atomic E-state index is 0.0651. The minimum atomic E-state index is -4.35. The lowest BCUT2D eigenvalue weighted by atomic mass is 10.1. The first-order chi connectivity index (χ1) is 12.7. The van der Waals surface area contributed by atoms with Crippen molar-refractivity contribution in [3.05, 3.63) is 59.7 Å². The quantitative estimate of drug-likeness (QED) is 0.490. The van der Waals surface area contributed by atoms with Crippen LogP contribution >= 0.6 is 11.8 Å². The normalized spacial score (nSPS) is 12.5. The Hall–Kier alpha value is -2.33. The molecular formula is C17H15F5N2O2S. The van der Waals surface area contributed by atoms with E-state index >= 15 is 0 Å². The van der Waals surface area contributed by atoms with Gasteiger partial charge in [0.05, 0.1) is 17.5 Å². The van der Waals surface area contributed by atoms with Crippen LogP contribution in [0.1, 0.15) is 11.7 Å². The Kier molecular flexibility index (Phi) is 7.03. The summed E-state index contributed by atoms with van der Waals surface area (Å²) in [5.74, 6) is -3.31. The average Bonchev–Trinajstić information content (AvgIpc) is 2.60. The number of rotatable bonds is 6. The van der Waals surface area contributed by atoms with Gasteiger partial charge in [0, 0.05) is 11.4 Å². The number of thioether (sulfide) groups is 1. The molecule has 0 fully saturated rings. The zero-order valence-corrected chi connectivity index (χ0v) is 14.5. The summed E-state index contributed by atoms with van der Waals surface area (Å²) in [6.07, 6.45) is -5.64. The molecule has 0 aliphatic rings. The highest BCUT2D eigenvalue weighted by Crippen LogP contribution is 2.32. The second kappa shape index (κ2) is 9.05. The predicted octanol–water partition coefficient (Wildman–Crippen LogP) is 4.47. The maximum atomic E-state index is 13.2.